The van der Waals surface area contributed by atoms with Crippen LogP contribution in [-0.2, 0) is 10.3 Å². The minimum absolute atomic E-state index is 0.0302. The smallest absolute Gasteiger partial charge is 0.415 e. The normalized spacial score (nSPS) is 14.9. The van der Waals surface area contributed by atoms with E-state index >= 15 is 0 Å². The monoisotopic (exact) mass is 370 g/mol. The van der Waals surface area contributed by atoms with Crippen molar-refractivity contribution in [1.82, 2.24) is 4.98 Å². The van der Waals surface area contributed by atoms with Gasteiger partial charge >= 0.3 is 6.09 Å². The molecule has 0 saturated heterocycles. The van der Waals surface area contributed by atoms with E-state index < -0.39 is 22.5 Å². The van der Waals surface area contributed by atoms with Crippen molar-refractivity contribution in [3.63, 3.8) is 0 Å². The molecule has 1 aromatic carbocycles. The van der Waals surface area contributed by atoms with E-state index in [1.807, 2.05) is 0 Å². The predicted octanol–water partition coefficient (Wildman–Crippen LogP) is 3.45. The lowest BCUT2D eigenvalue weighted by molar-refractivity contribution is -0.383. The van der Waals surface area contributed by atoms with Crippen LogP contribution in [0, 0.1) is 10.1 Å². The molecule has 2 heterocycles. The number of carbonyl (C=O) groups excluding carboxylic acids is 2. The SMILES string of the molecule is CCN1C(=O)OC(C)(C)c2cc(NC(=O)c3ccncc3)c([N+](=O)[O-])cc21. The molecule has 0 bridgehead atoms. The third-order valence-electron chi connectivity index (χ3n) is 4.32. The average Bonchev–Trinajstić information content (AvgIpc) is 2.62. The molecular weight excluding hydrogens is 352 g/mol. The summed E-state index contributed by atoms with van der Waals surface area (Å²) in [4.78, 5) is 40.8. The number of benzene rings is 1. The molecule has 27 heavy (non-hydrogen) atoms. The number of fused-ring (bicyclic) bond motifs is 1. The molecule has 1 aliphatic heterocycles. The summed E-state index contributed by atoms with van der Waals surface area (Å²) in [6.45, 7) is 5.42. The Balaban J connectivity index is 2.11. The van der Waals surface area contributed by atoms with Crippen LogP contribution in [0.25, 0.3) is 0 Å². The van der Waals surface area contributed by atoms with Crippen LogP contribution in [0.4, 0.5) is 21.9 Å². The number of nitro benzene ring substituents is 1. The van der Waals surface area contributed by atoms with Crippen LogP contribution in [0.5, 0.6) is 0 Å². The van der Waals surface area contributed by atoms with Crippen LogP contribution in [0.3, 0.4) is 0 Å². The third-order valence-corrected chi connectivity index (χ3v) is 4.32. The molecule has 140 valence electrons. The van der Waals surface area contributed by atoms with Gasteiger partial charge in [-0.3, -0.25) is 24.8 Å². The number of nitro groups is 1. The summed E-state index contributed by atoms with van der Waals surface area (Å²) in [5.74, 6) is -0.501. The Morgan fingerprint density at radius 1 is 1.33 bits per heavy atom. The number of ether oxygens (including phenoxy) is 1. The van der Waals surface area contributed by atoms with E-state index in [-0.39, 0.29) is 11.4 Å². The van der Waals surface area contributed by atoms with Gasteiger partial charge < -0.3 is 10.1 Å². The molecule has 0 radical (unpaired) electrons. The first-order valence-corrected chi connectivity index (χ1v) is 8.29. The van der Waals surface area contributed by atoms with Crippen molar-refractivity contribution in [3.05, 3.63) is 57.9 Å². The largest absolute Gasteiger partial charge is 0.438 e. The molecule has 0 fully saturated rings. The van der Waals surface area contributed by atoms with Gasteiger partial charge in [-0.15, -0.1) is 0 Å². The molecular formula is C18H18N4O5. The second-order valence-electron chi connectivity index (χ2n) is 6.46. The molecule has 0 aliphatic carbocycles. The molecule has 0 unspecified atom stereocenters. The maximum atomic E-state index is 12.4. The van der Waals surface area contributed by atoms with Crippen LogP contribution in [-0.4, -0.2) is 28.5 Å². The summed E-state index contributed by atoms with van der Waals surface area (Å²) in [6, 6.07) is 5.79. The van der Waals surface area contributed by atoms with Gasteiger partial charge in [0.2, 0.25) is 0 Å². The third kappa shape index (κ3) is 3.31. The van der Waals surface area contributed by atoms with Crippen LogP contribution < -0.4 is 10.2 Å². The number of pyridine rings is 1. The number of carbonyl (C=O) groups is 2. The van der Waals surface area contributed by atoms with Gasteiger partial charge in [-0.05, 0) is 39.0 Å². The highest BCUT2D eigenvalue weighted by Crippen LogP contribution is 2.43. The van der Waals surface area contributed by atoms with Gasteiger partial charge in [0, 0.05) is 36.1 Å². The summed E-state index contributed by atoms with van der Waals surface area (Å²) < 4.78 is 5.44. The van der Waals surface area contributed by atoms with Gasteiger partial charge in [0.05, 0.1) is 10.6 Å². The van der Waals surface area contributed by atoms with Crippen molar-refractivity contribution in [2.75, 3.05) is 16.8 Å². The number of cyclic esters (lactones) is 1. The van der Waals surface area contributed by atoms with E-state index in [1.54, 1.807) is 20.8 Å². The lowest BCUT2D eigenvalue weighted by Gasteiger charge is -2.38. The van der Waals surface area contributed by atoms with Crippen molar-refractivity contribution in [2.45, 2.75) is 26.4 Å². The zero-order chi connectivity index (χ0) is 19.8. The number of hydrogen-bond donors (Lipinski definition) is 1. The predicted molar refractivity (Wildman–Crippen MR) is 97.8 cm³/mol. The Morgan fingerprint density at radius 2 is 2.00 bits per heavy atom. The Bertz CT molecular complexity index is 927. The van der Waals surface area contributed by atoms with Gasteiger partial charge in [0.1, 0.15) is 11.3 Å². The first-order valence-electron chi connectivity index (χ1n) is 8.29. The van der Waals surface area contributed by atoms with E-state index in [2.05, 4.69) is 10.3 Å². The highest BCUT2D eigenvalue weighted by molar-refractivity contribution is 6.06. The standard InChI is InChI=1S/C18H18N4O5/c1-4-21-14-10-15(22(25)26)13(9-12(14)18(2,3)27-17(21)24)20-16(23)11-5-7-19-8-6-11/h5-10H,4H2,1-3H3,(H,20,23). The van der Waals surface area contributed by atoms with Crippen LogP contribution >= 0.6 is 0 Å². The molecule has 1 aromatic heterocycles. The van der Waals surface area contributed by atoms with Crippen molar-refractivity contribution >= 4 is 29.1 Å². The molecule has 1 N–H and O–H groups in total. The van der Waals surface area contributed by atoms with Gasteiger partial charge in [-0.1, -0.05) is 0 Å². The van der Waals surface area contributed by atoms with Gasteiger partial charge in [0.15, 0.2) is 0 Å². The Morgan fingerprint density at radius 3 is 2.59 bits per heavy atom. The molecule has 9 heteroatoms. The summed E-state index contributed by atoms with van der Waals surface area (Å²) in [6.07, 6.45) is 2.34. The first kappa shape index (κ1) is 18.3. The summed E-state index contributed by atoms with van der Waals surface area (Å²) >= 11 is 0. The van der Waals surface area contributed by atoms with E-state index in [9.17, 15) is 19.7 Å². The van der Waals surface area contributed by atoms with Crippen molar-refractivity contribution < 1.29 is 19.2 Å². The molecule has 2 aromatic rings. The van der Waals surface area contributed by atoms with Gasteiger partial charge in [-0.2, -0.15) is 0 Å². The topological polar surface area (TPSA) is 115 Å². The molecule has 2 amide bonds. The Kier molecular flexibility index (Phi) is 4.52. The number of nitrogens with one attached hydrogen (secondary N) is 1. The average molecular weight is 370 g/mol. The van der Waals surface area contributed by atoms with Crippen LogP contribution in [0.1, 0.15) is 36.7 Å². The van der Waals surface area contributed by atoms with Crippen molar-refractivity contribution in [3.8, 4) is 0 Å². The number of rotatable bonds is 4. The minimum atomic E-state index is -0.997. The highest BCUT2D eigenvalue weighted by Gasteiger charge is 2.40. The van der Waals surface area contributed by atoms with Crippen LogP contribution in [0.2, 0.25) is 0 Å². The van der Waals surface area contributed by atoms with Gasteiger partial charge in [0.25, 0.3) is 11.6 Å². The fourth-order valence-electron chi connectivity index (χ4n) is 2.96. The number of nitrogens with zero attached hydrogens (tertiary/aromatic N) is 3. The maximum Gasteiger partial charge on any atom is 0.415 e. The summed E-state index contributed by atoms with van der Waals surface area (Å²) in [5.41, 5.74) is 0.0103. The molecule has 9 nitrogen and oxygen atoms in total. The molecule has 0 saturated carbocycles. The van der Waals surface area contributed by atoms with E-state index in [4.69, 9.17) is 4.74 Å². The van der Waals surface area contributed by atoms with Gasteiger partial charge in [-0.25, -0.2) is 4.79 Å². The number of anilines is 2. The number of aromatic nitrogens is 1. The molecule has 3 rings (SSSR count). The lowest BCUT2D eigenvalue weighted by atomic mass is 9.92. The minimum Gasteiger partial charge on any atom is -0.438 e. The first-order chi connectivity index (χ1) is 12.7. The second-order valence-corrected chi connectivity index (χ2v) is 6.46. The molecule has 0 spiro atoms. The van der Waals surface area contributed by atoms with Crippen molar-refractivity contribution in [2.24, 2.45) is 0 Å². The van der Waals surface area contributed by atoms with E-state index in [0.29, 0.717) is 23.4 Å². The van der Waals surface area contributed by atoms with Crippen LogP contribution in [0.15, 0.2) is 36.7 Å². The highest BCUT2D eigenvalue weighted by atomic mass is 16.6. The Hall–Kier alpha value is -3.49. The Labute approximate surface area is 155 Å². The summed E-state index contributed by atoms with van der Waals surface area (Å²) in [7, 11) is 0. The second kappa shape index (κ2) is 6.67. The van der Waals surface area contributed by atoms with E-state index in [1.165, 1.54) is 41.6 Å². The number of amides is 2. The fraction of sp³-hybridized carbons (Fsp3) is 0.278. The lowest BCUT2D eigenvalue weighted by Crippen LogP contribution is -2.43. The zero-order valence-corrected chi connectivity index (χ0v) is 15.1. The quantitative estimate of drug-likeness (QED) is 0.651. The number of hydrogen-bond acceptors (Lipinski definition) is 6. The van der Waals surface area contributed by atoms with Crippen molar-refractivity contribution in [1.29, 1.82) is 0 Å². The van der Waals surface area contributed by atoms with E-state index in [0.717, 1.165) is 0 Å². The fourth-order valence-corrected chi connectivity index (χ4v) is 2.96. The molecule has 0 atom stereocenters. The summed E-state index contributed by atoms with van der Waals surface area (Å²) in [5, 5.41) is 14.1. The zero-order valence-electron chi connectivity index (χ0n) is 15.1. The molecule has 1 aliphatic rings. The maximum absolute atomic E-state index is 12.4.